The molecule has 1 saturated heterocycles. The number of carbonyl (C=O) groups excluding carboxylic acids is 1. The lowest BCUT2D eigenvalue weighted by molar-refractivity contribution is 0.201. The van der Waals surface area contributed by atoms with Crippen molar-refractivity contribution in [1.82, 2.24) is 4.90 Å². The van der Waals surface area contributed by atoms with Crippen LogP contribution >= 0.6 is 11.8 Å². The van der Waals surface area contributed by atoms with Gasteiger partial charge in [-0.25, -0.2) is 0 Å². The molecule has 2 heterocycles. The molecule has 1 aromatic carbocycles. The summed E-state index contributed by atoms with van der Waals surface area (Å²) < 4.78 is 10.7. The highest BCUT2D eigenvalue weighted by Gasteiger charge is 2.42. The zero-order valence-electron chi connectivity index (χ0n) is 11.3. The largest absolute Gasteiger partial charge is 0.493 e. The van der Waals surface area contributed by atoms with Gasteiger partial charge in [0.05, 0.1) is 20.3 Å². The summed E-state index contributed by atoms with van der Waals surface area (Å²) in [6.07, 6.45) is 0.880. The molecule has 0 unspecified atom stereocenters. The molecule has 2 aliphatic heterocycles. The van der Waals surface area contributed by atoms with Crippen LogP contribution in [0, 0.1) is 0 Å². The van der Waals surface area contributed by atoms with E-state index in [2.05, 4.69) is 6.92 Å². The average Bonchev–Trinajstić information content (AvgIpc) is 2.72. The molecule has 0 N–H and O–H groups in total. The maximum absolute atomic E-state index is 11.9. The van der Waals surface area contributed by atoms with Crippen molar-refractivity contribution in [2.45, 2.75) is 24.6 Å². The van der Waals surface area contributed by atoms with Crippen LogP contribution in [-0.2, 0) is 6.42 Å². The Balaban J connectivity index is 2.09. The Bertz CT molecular complexity index is 532. The smallest absolute Gasteiger partial charge is 0.282 e. The molecule has 4 nitrogen and oxygen atoms in total. The fraction of sp³-hybridized carbons (Fsp3) is 0.500. The van der Waals surface area contributed by atoms with E-state index in [0.29, 0.717) is 0 Å². The maximum atomic E-state index is 11.9. The van der Waals surface area contributed by atoms with Crippen LogP contribution in [0.15, 0.2) is 12.1 Å². The molecule has 0 radical (unpaired) electrons. The zero-order valence-corrected chi connectivity index (χ0v) is 12.1. The SMILES string of the molecule is COc1cc2c(cc1OC)[C@@H]1[C@@H](C)SC(=O)N1CC2. The lowest BCUT2D eigenvalue weighted by Crippen LogP contribution is -2.35. The van der Waals surface area contributed by atoms with Gasteiger partial charge in [0.2, 0.25) is 0 Å². The van der Waals surface area contributed by atoms with Gasteiger partial charge >= 0.3 is 0 Å². The number of benzene rings is 1. The van der Waals surface area contributed by atoms with E-state index in [1.54, 1.807) is 14.2 Å². The van der Waals surface area contributed by atoms with E-state index in [0.717, 1.165) is 24.5 Å². The third kappa shape index (κ3) is 1.87. The molecule has 0 saturated carbocycles. The molecule has 1 fully saturated rings. The Kier molecular flexibility index (Phi) is 3.09. The second-order valence-corrected chi connectivity index (χ2v) is 6.21. The molecule has 1 amide bonds. The predicted octanol–water partition coefficient (Wildman–Crippen LogP) is 2.86. The van der Waals surface area contributed by atoms with Crippen LogP contribution in [0.4, 0.5) is 4.79 Å². The Morgan fingerprint density at radius 3 is 2.63 bits per heavy atom. The van der Waals surface area contributed by atoms with E-state index >= 15 is 0 Å². The van der Waals surface area contributed by atoms with E-state index < -0.39 is 0 Å². The van der Waals surface area contributed by atoms with E-state index in [-0.39, 0.29) is 16.5 Å². The first-order valence-corrected chi connectivity index (χ1v) is 7.25. The number of methoxy groups -OCH3 is 2. The van der Waals surface area contributed by atoms with Crippen molar-refractivity contribution < 1.29 is 14.3 Å². The second-order valence-electron chi connectivity index (χ2n) is 4.88. The van der Waals surface area contributed by atoms with Gasteiger partial charge < -0.3 is 14.4 Å². The number of hydrogen-bond acceptors (Lipinski definition) is 4. The summed E-state index contributed by atoms with van der Waals surface area (Å²) in [5, 5.41) is 0.475. The van der Waals surface area contributed by atoms with E-state index in [1.807, 2.05) is 17.0 Å². The van der Waals surface area contributed by atoms with E-state index in [4.69, 9.17) is 9.47 Å². The molecular formula is C14H17NO3S. The first-order chi connectivity index (χ1) is 9.15. The Labute approximate surface area is 117 Å². The molecule has 0 bridgehead atoms. The Hall–Kier alpha value is -1.36. The van der Waals surface area contributed by atoms with Crippen molar-refractivity contribution >= 4 is 17.0 Å². The van der Waals surface area contributed by atoms with Crippen LogP contribution in [0.3, 0.4) is 0 Å². The average molecular weight is 279 g/mol. The molecular weight excluding hydrogens is 262 g/mol. The van der Waals surface area contributed by atoms with Crippen LogP contribution in [0.2, 0.25) is 0 Å². The van der Waals surface area contributed by atoms with Crippen molar-refractivity contribution in [3.8, 4) is 11.5 Å². The highest BCUT2D eigenvalue weighted by Crippen LogP contribution is 2.47. The van der Waals surface area contributed by atoms with Gasteiger partial charge in [-0.3, -0.25) is 4.79 Å². The zero-order chi connectivity index (χ0) is 13.6. The summed E-state index contributed by atoms with van der Waals surface area (Å²) in [7, 11) is 3.29. The summed E-state index contributed by atoms with van der Waals surface area (Å²) in [5.41, 5.74) is 2.47. The number of ether oxygens (including phenoxy) is 2. The highest BCUT2D eigenvalue weighted by molar-refractivity contribution is 8.14. The molecule has 1 aromatic rings. The minimum atomic E-state index is 0.168. The first kappa shape index (κ1) is 12.7. The number of hydrogen-bond donors (Lipinski definition) is 0. The Morgan fingerprint density at radius 1 is 1.26 bits per heavy atom. The van der Waals surface area contributed by atoms with Crippen molar-refractivity contribution in [2.24, 2.45) is 0 Å². The molecule has 5 heteroatoms. The number of thioether (sulfide) groups is 1. The number of rotatable bonds is 2. The van der Waals surface area contributed by atoms with Crippen molar-refractivity contribution in [3.63, 3.8) is 0 Å². The van der Waals surface area contributed by atoms with Gasteiger partial charge in [0.15, 0.2) is 11.5 Å². The molecule has 2 aliphatic rings. The number of fused-ring (bicyclic) bond motifs is 3. The molecule has 0 aliphatic carbocycles. The van der Waals surface area contributed by atoms with Gasteiger partial charge in [-0.05, 0) is 29.7 Å². The van der Waals surface area contributed by atoms with Crippen LogP contribution in [-0.4, -0.2) is 36.2 Å². The molecule has 3 rings (SSSR count). The van der Waals surface area contributed by atoms with Gasteiger partial charge in [-0.1, -0.05) is 18.7 Å². The summed E-state index contributed by atoms with van der Waals surface area (Å²) in [6, 6.07) is 4.24. The van der Waals surface area contributed by atoms with Gasteiger partial charge in [-0.15, -0.1) is 0 Å². The van der Waals surface area contributed by atoms with Crippen LogP contribution in [0.25, 0.3) is 0 Å². The summed E-state index contributed by atoms with van der Waals surface area (Å²) in [4.78, 5) is 13.9. The van der Waals surface area contributed by atoms with Crippen molar-refractivity contribution in [1.29, 1.82) is 0 Å². The van der Waals surface area contributed by atoms with Crippen LogP contribution in [0.1, 0.15) is 24.1 Å². The first-order valence-electron chi connectivity index (χ1n) is 6.37. The van der Waals surface area contributed by atoms with Crippen molar-refractivity contribution in [3.05, 3.63) is 23.3 Å². The van der Waals surface area contributed by atoms with Crippen LogP contribution < -0.4 is 9.47 Å². The topological polar surface area (TPSA) is 38.8 Å². The molecule has 102 valence electrons. The lowest BCUT2D eigenvalue weighted by Gasteiger charge is -2.33. The van der Waals surface area contributed by atoms with E-state index in [9.17, 15) is 4.79 Å². The molecule has 2 atom stereocenters. The second kappa shape index (κ2) is 4.63. The normalized spacial score (nSPS) is 25.0. The highest BCUT2D eigenvalue weighted by atomic mass is 32.2. The summed E-state index contributed by atoms with van der Waals surface area (Å²) in [6.45, 7) is 2.91. The minimum Gasteiger partial charge on any atom is -0.493 e. The fourth-order valence-corrected chi connectivity index (χ4v) is 4.06. The maximum Gasteiger partial charge on any atom is 0.282 e. The molecule has 0 aromatic heterocycles. The third-order valence-corrected chi connectivity index (χ3v) is 4.95. The quantitative estimate of drug-likeness (QED) is 0.834. The van der Waals surface area contributed by atoms with Gasteiger partial charge in [0.1, 0.15) is 0 Å². The standard InChI is InChI=1S/C14H17NO3S/c1-8-13-10-7-12(18-3)11(17-2)6-9(10)4-5-15(13)14(16)19-8/h6-8,13H,4-5H2,1-3H3/t8-,13+/m1/s1. The van der Waals surface area contributed by atoms with Crippen LogP contribution in [0.5, 0.6) is 11.5 Å². The minimum absolute atomic E-state index is 0.168. The van der Waals surface area contributed by atoms with Crippen molar-refractivity contribution in [2.75, 3.05) is 20.8 Å². The fourth-order valence-electron chi connectivity index (χ4n) is 2.98. The van der Waals surface area contributed by atoms with Gasteiger partial charge in [0.25, 0.3) is 5.24 Å². The van der Waals surface area contributed by atoms with E-state index in [1.165, 1.54) is 22.9 Å². The lowest BCUT2D eigenvalue weighted by atomic mass is 9.91. The number of carbonyl (C=O) groups is 1. The Morgan fingerprint density at radius 2 is 1.95 bits per heavy atom. The molecule has 19 heavy (non-hydrogen) atoms. The summed E-state index contributed by atoms with van der Waals surface area (Å²) in [5.74, 6) is 1.50. The number of nitrogens with zero attached hydrogens (tertiary/aromatic N) is 1. The van der Waals surface area contributed by atoms with Gasteiger partial charge in [-0.2, -0.15) is 0 Å². The summed E-state index contributed by atoms with van der Waals surface area (Å²) >= 11 is 1.43. The predicted molar refractivity (Wildman–Crippen MR) is 75.1 cm³/mol. The monoisotopic (exact) mass is 279 g/mol. The molecule has 0 spiro atoms. The number of amides is 1. The third-order valence-electron chi connectivity index (χ3n) is 3.89. The van der Waals surface area contributed by atoms with Gasteiger partial charge in [0, 0.05) is 11.8 Å².